The van der Waals surface area contributed by atoms with Crippen molar-refractivity contribution in [3.05, 3.63) is 71.9 Å². The molecule has 3 heterocycles. The number of fused-ring (bicyclic) bond motifs is 1. The van der Waals surface area contributed by atoms with Gasteiger partial charge in [-0.2, -0.15) is 0 Å². The van der Waals surface area contributed by atoms with Gasteiger partial charge >= 0.3 is 12.1 Å². The Labute approximate surface area is 240 Å². The minimum Gasteiger partial charge on any atom is -0.467 e. The van der Waals surface area contributed by atoms with Crippen LogP contribution in [0, 0.1) is 0 Å². The molecule has 2 aliphatic rings. The first-order valence-electron chi connectivity index (χ1n) is 14.0. The highest BCUT2D eigenvalue weighted by molar-refractivity contribution is 5.86. The first kappa shape index (κ1) is 30.1. The SMILES string of the molecule is CC1CCC2(CN1C(=O)OCc1ccccc1)OCCCO2.COC(=O)C(Cc1c[nH]c2ccccc12)NC(C)=O. The Morgan fingerprint density at radius 2 is 1.80 bits per heavy atom. The molecule has 3 aromatic rings. The highest BCUT2D eigenvalue weighted by Crippen LogP contribution is 2.32. The summed E-state index contributed by atoms with van der Waals surface area (Å²) in [5, 5.41) is 3.65. The number of benzene rings is 2. The molecule has 2 N–H and O–H groups in total. The average Bonchev–Trinajstić information content (AvgIpc) is 3.40. The number of nitrogens with zero attached hydrogens (tertiary/aromatic N) is 1. The quantitative estimate of drug-likeness (QED) is 0.427. The minimum absolute atomic E-state index is 0.142. The molecule has 5 rings (SSSR count). The molecule has 2 fully saturated rings. The number of rotatable bonds is 6. The van der Waals surface area contributed by atoms with E-state index in [-0.39, 0.29) is 24.6 Å². The van der Waals surface area contributed by atoms with Gasteiger partial charge in [-0.25, -0.2) is 9.59 Å². The first-order valence-corrected chi connectivity index (χ1v) is 14.0. The molecule has 2 unspecified atom stereocenters. The molecule has 0 radical (unpaired) electrons. The van der Waals surface area contributed by atoms with E-state index in [2.05, 4.69) is 10.3 Å². The van der Waals surface area contributed by atoms with E-state index in [0.29, 0.717) is 26.2 Å². The van der Waals surface area contributed by atoms with Crippen LogP contribution in [-0.4, -0.2) is 72.6 Å². The van der Waals surface area contributed by atoms with Crippen LogP contribution in [0.4, 0.5) is 4.79 Å². The molecule has 2 atom stereocenters. The largest absolute Gasteiger partial charge is 0.467 e. The van der Waals surface area contributed by atoms with Crippen LogP contribution in [0.1, 0.15) is 44.2 Å². The lowest BCUT2D eigenvalue weighted by atomic mass is 9.98. The summed E-state index contributed by atoms with van der Waals surface area (Å²) < 4.78 is 21.8. The maximum atomic E-state index is 12.4. The molecule has 0 aliphatic carbocycles. The van der Waals surface area contributed by atoms with Gasteiger partial charge in [0.05, 0.1) is 26.9 Å². The third kappa shape index (κ3) is 8.08. The number of nitrogens with one attached hydrogen (secondary N) is 2. The Kier molecular flexibility index (Phi) is 10.4. The molecule has 10 nitrogen and oxygen atoms in total. The highest BCUT2D eigenvalue weighted by atomic mass is 16.7. The predicted octanol–water partition coefficient (Wildman–Crippen LogP) is 4.33. The normalized spacial score (nSPS) is 18.6. The van der Waals surface area contributed by atoms with Gasteiger partial charge in [-0.3, -0.25) is 4.79 Å². The molecular weight excluding hydrogens is 526 g/mol. The number of likely N-dealkylation sites (tertiary alicyclic amines) is 1. The van der Waals surface area contributed by atoms with Crippen LogP contribution < -0.4 is 5.32 Å². The lowest BCUT2D eigenvalue weighted by molar-refractivity contribution is -0.286. The number of ether oxygens (including phenoxy) is 4. The highest BCUT2D eigenvalue weighted by Gasteiger charge is 2.43. The molecule has 2 amide bonds. The van der Waals surface area contributed by atoms with Crippen molar-refractivity contribution in [1.29, 1.82) is 0 Å². The van der Waals surface area contributed by atoms with Crippen LogP contribution in [0.25, 0.3) is 10.9 Å². The fourth-order valence-corrected chi connectivity index (χ4v) is 5.08. The van der Waals surface area contributed by atoms with Crippen molar-refractivity contribution in [2.45, 2.75) is 64.0 Å². The van der Waals surface area contributed by atoms with Gasteiger partial charge < -0.3 is 34.1 Å². The topological polar surface area (TPSA) is 119 Å². The number of H-pyrrole nitrogens is 1. The van der Waals surface area contributed by atoms with Crippen LogP contribution in [0.3, 0.4) is 0 Å². The summed E-state index contributed by atoms with van der Waals surface area (Å²) in [5.41, 5.74) is 2.96. The summed E-state index contributed by atoms with van der Waals surface area (Å²) in [6.07, 6.45) is 4.55. The molecular formula is C31H39N3O7. The molecule has 41 heavy (non-hydrogen) atoms. The van der Waals surface area contributed by atoms with E-state index in [1.165, 1.54) is 14.0 Å². The Bertz CT molecular complexity index is 1300. The molecule has 0 bridgehead atoms. The van der Waals surface area contributed by atoms with Gasteiger partial charge in [0.15, 0.2) is 5.79 Å². The standard InChI is InChI=1S/C17H23NO4.C14H16N2O3/c1-14-8-9-17(21-10-5-11-22-17)13-18(14)16(19)20-12-15-6-3-2-4-7-15;1-9(17)16-13(14(18)19-2)7-10-8-15-12-6-4-3-5-11(10)12/h2-4,6-7,14H,5,8-13H2,1H3;3-6,8,13,15H,7H2,1-2H3,(H,16,17). The third-order valence-electron chi connectivity index (χ3n) is 7.31. The Balaban J connectivity index is 0.000000191. The smallest absolute Gasteiger partial charge is 0.410 e. The van der Waals surface area contributed by atoms with Crippen molar-refractivity contribution in [3.63, 3.8) is 0 Å². The molecule has 2 aliphatic heterocycles. The van der Waals surface area contributed by atoms with Gasteiger partial charge in [0.1, 0.15) is 12.6 Å². The van der Waals surface area contributed by atoms with Crippen LogP contribution >= 0.6 is 0 Å². The number of carbonyl (C=O) groups is 3. The summed E-state index contributed by atoms with van der Waals surface area (Å²) >= 11 is 0. The zero-order valence-electron chi connectivity index (χ0n) is 23.9. The number of carbonyl (C=O) groups excluding carboxylic acids is 3. The summed E-state index contributed by atoms with van der Waals surface area (Å²) in [7, 11) is 1.31. The predicted molar refractivity (Wildman–Crippen MR) is 153 cm³/mol. The van der Waals surface area contributed by atoms with Gasteiger partial charge in [-0.1, -0.05) is 48.5 Å². The third-order valence-corrected chi connectivity index (χ3v) is 7.31. The minimum atomic E-state index is -0.665. The van der Waals surface area contributed by atoms with Crippen molar-refractivity contribution in [1.82, 2.24) is 15.2 Å². The van der Waals surface area contributed by atoms with Crippen molar-refractivity contribution >= 4 is 28.9 Å². The van der Waals surface area contributed by atoms with Gasteiger partial charge in [-0.15, -0.1) is 0 Å². The van der Waals surface area contributed by atoms with E-state index >= 15 is 0 Å². The van der Waals surface area contributed by atoms with Crippen molar-refractivity contribution in [2.24, 2.45) is 0 Å². The summed E-state index contributed by atoms with van der Waals surface area (Å²) in [5.74, 6) is -1.33. The molecule has 1 spiro atoms. The average molecular weight is 566 g/mol. The van der Waals surface area contributed by atoms with Gasteiger partial charge in [0.25, 0.3) is 0 Å². The zero-order chi connectivity index (χ0) is 29.2. The second-order valence-electron chi connectivity index (χ2n) is 10.4. The number of aromatic nitrogens is 1. The fourth-order valence-electron chi connectivity index (χ4n) is 5.08. The van der Waals surface area contributed by atoms with Crippen molar-refractivity contribution in [3.8, 4) is 0 Å². The summed E-state index contributed by atoms with van der Waals surface area (Å²) in [6.45, 7) is 5.55. The molecule has 10 heteroatoms. The zero-order valence-corrected chi connectivity index (χ0v) is 23.9. The summed E-state index contributed by atoms with van der Waals surface area (Å²) in [4.78, 5) is 40.1. The number of aromatic amines is 1. The van der Waals surface area contributed by atoms with Crippen LogP contribution in [-0.2, 0) is 41.6 Å². The number of amides is 2. The number of methoxy groups -OCH3 is 1. The molecule has 1 aromatic heterocycles. The monoisotopic (exact) mass is 565 g/mol. The lowest BCUT2D eigenvalue weighted by Crippen LogP contribution is -2.58. The van der Waals surface area contributed by atoms with Gasteiger partial charge in [0, 0.05) is 42.9 Å². The van der Waals surface area contributed by atoms with E-state index in [4.69, 9.17) is 18.9 Å². The molecule has 2 saturated heterocycles. The number of hydrogen-bond acceptors (Lipinski definition) is 7. The second-order valence-corrected chi connectivity index (χ2v) is 10.4. The van der Waals surface area contributed by atoms with E-state index in [0.717, 1.165) is 41.3 Å². The van der Waals surface area contributed by atoms with Crippen LogP contribution in [0.15, 0.2) is 60.8 Å². The molecule has 2 aromatic carbocycles. The van der Waals surface area contributed by atoms with Crippen molar-refractivity contribution in [2.75, 3.05) is 26.9 Å². The number of piperidine rings is 1. The molecule has 0 saturated carbocycles. The van der Waals surface area contributed by atoms with E-state index in [1.54, 1.807) is 4.90 Å². The summed E-state index contributed by atoms with van der Waals surface area (Å²) in [6, 6.07) is 17.0. The Morgan fingerprint density at radius 3 is 2.51 bits per heavy atom. The van der Waals surface area contributed by atoms with Gasteiger partial charge in [-0.05, 0) is 37.0 Å². The second kappa shape index (κ2) is 14.1. The number of para-hydroxylation sites is 1. The van der Waals surface area contributed by atoms with E-state index in [9.17, 15) is 14.4 Å². The first-order chi connectivity index (χ1) is 19.8. The number of hydrogen-bond donors (Lipinski definition) is 2. The fraction of sp³-hybridized carbons (Fsp3) is 0.452. The van der Waals surface area contributed by atoms with Gasteiger partial charge in [0.2, 0.25) is 5.91 Å². The Hall–Kier alpha value is -3.89. The number of esters is 1. The van der Waals surface area contributed by atoms with E-state index in [1.807, 2.05) is 67.7 Å². The van der Waals surface area contributed by atoms with Crippen LogP contribution in [0.5, 0.6) is 0 Å². The van der Waals surface area contributed by atoms with Crippen LogP contribution in [0.2, 0.25) is 0 Å². The van der Waals surface area contributed by atoms with E-state index < -0.39 is 17.8 Å². The maximum Gasteiger partial charge on any atom is 0.410 e. The molecule has 220 valence electrons. The Morgan fingerprint density at radius 1 is 1.10 bits per heavy atom. The van der Waals surface area contributed by atoms with Crippen molar-refractivity contribution < 1.29 is 33.3 Å². The lowest BCUT2D eigenvalue weighted by Gasteiger charge is -2.46. The maximum absolute atomic E-state index is 12.4.